The zero-order valence-electron chi connectivity index (χ0n) is 16.5. The van der Waals surface area contributed by atoms with Crippen molar-refractivity contribution in [1.82, 2.24) is 0 Å². The topological polar surface area (TPSA) is 72.9 Å². The number of carboxylic acid groups (broad SMARTS) is 1. The molecule has 4 rings (SSSR count). The van der Waals surface area contributed by atoms with Crippen molar-refractivity contribution in [2.75, 3.05) is 41.3 Å². The number of nitrogens with one attached hydrogen (secondary N) is 1. The van der Waals surface area contributed by atoms with Crippen LogP contribution in [0.2, 0.25) is 0 Å². The Morgan fingerprint density at radius 1 is 0.767 bits per heavy atom. The predicted octanol–water partition coefficient (Wildman–Crippen LogP) is 3.96. The van der Waals surface area contributed by atoms with Crippen LogP contribution in [0.3, 0.4) is 0 Å². The highest BCUT2D eigenvalue weighted by Gasteiger charge is 2.22. The molecule has 1 aliphatic rings. The highest BCUT2D eigenvalue weighted by atomic mass is 16.4. The van der Waals surface area contributed by atoms with Crippen LogP contribution >= 0.6 is 0 Å². The van der Waals surface area contributed by atoms with Gasteiger partial charge in [0, 0.05) is 43.1 Å². The van der Waals surface area contributed by atoms with Crippen LogP contribution < -0.4 is 15.1 Å². The maximum absolute atomic E-state index is 12.4. The van der Waals surface area contributed by atoms with Crippen LogP contribution in [0.15, 0.2) is 78.9 Å². The molecule has 1 aliphatic heterocycles. The first-order valence-corrected chi connectivity index (χ1v) is 9.90. The Bertz CT molecular complexity index is 1030. The van der Waals surface area contributed by atoms with E-state index in [0.717, 1.165) is 26.2 Å². The molecule has 0 unspecified atom stereocenters. The van der Waals surface area contributed by atoms with E-state index in [1.165, 1.54) is 11.8 Å². The largest absolute Gasteiger partial charge is 0.478 e. The third-order valence-electron chi connectivity index (χ3n) is 5.26. The van der Waals surface area contributed by atoms with E-state index in [-0.39, 0.29) is 11.5 Å². The summed E-state index contributed by atoms with van der Waals surface area (Å²) in [6, 6.07) is 24.1. The fourth-order valence-electron chi connectivity index (χ4n) is 3.70. The van der Waals surface area contributed by atoms with Gasteiger partial charge < -0.3 is 20.2 Å². The monoisotopic (exact) mass is 401 g/mol. The maximum Gasteiger partial charge on any atom is 0.337 e. The number of carboxylic acids is 1. The minimum atomic E-state index is -1.01. The van der Waals surface area contributed by atoms with Crippen LogP contribution in [0.4, 0.5) is 17.1 Å². The summed E-state index contributed by atoms with van der Waals surface area (Å²) in [5.41, 5.74) is 3.03. The Morgan fingerprint density at radius 3 is 2.00 bits per heavy atom. The third-order valence-corrected chi connectivity index (χ3v) is 5.26. The fourth-order valence-corrected chi connectivity index (χ4v) is 3.70. The Kier molecular flexibility index (Phi) is 5.66. The van der Waals surface area contributed by atoms with E-state index in [0.29, 0.717) is 16.9 Å². The molecule has 1 heterocycles. The Labute approximate surface area is 175 Å². The highest BCUT2D eigenvalue weighted by Crippen LogP contribution is 2.27. The lowest BCUT2D eigenvalue weighted by Crippen LogP contribution is -2.47. The second-order valence-electron chi connectivity index (χ2n) is 7.17. The molecule has 0 saturated carbocycles. The molecule has 0 aromatic heterocycles. The van der Waals surface area contributed by atoms with Crippen molar-refractivity contribution >= 4 is 28.9 Å². The summed E-state index contributed by atoms with van der Waals surface area (Å²) >= 11 is 0. The van der Waals surface area contributed by atoms with E-state index in [4.69, 9.17) is 0 Å². The van der Waals surface area contributed by atoms with E-state index in [1.807, 2.05) is 24.3 Å². The molecular formula is C24H23N3O3. The Hall–Kier alpha value is -3.80. The highest BCUT2D eigenvalue weighted by molar-refractivity contribution is 6.05. The average Bonchev–Trinajstić information content (AvgIpc) is 2.80. The molecule has 1 fully saturated rings. The molecule has 2 N–H and O–H groups in total. The van der Waals surface area contributed by atoms with Gasteiger partial charge in [0.05, 0.1) is 11.3 Å². The van der Waals surface area contributed by atoms with Gasteiger partial charge >= 0.3 is 5.97 Å². The standard InChI is InChI=1S/C24H23N3O3/c28-23(18-7-3-1-4-8-18)25-19-11-12-22(21(17-19)24(29)30)27-15-13-26(14-16-27)20-9-5-2-6-10-20/h1-12,17H,13-16H2,(H,25,28)(H,29,30). The average molecular weight is 401 g/mol. The molecule has 0 spiro atoms. The van der Waals surface area contributed by atoms with Crippen molar-refractivity contribution in [3.63, 3.8) is 0 Å². The van der Waals surface area contributed by atoms with Gasteiger partial charge in [0.2, 0.25) is 0 Å². The number of hydrogen-bond acceptors (Lipinski definition) is 4. The number of para-hydroxylation sites is 1. The van der Waals surface area contributed by atoms with Gasteiger partial charge in [0.25, 0.3) is 5.91 Å². The first-order valence-electron chi connectivity index (χ1n) is 9.90. The number of hydrogen-bond donors (Lipinski definition) is 2. The summed E-state index contributed by atoms with van der Waals surface area (Å²) in [6.45, 7) is 3.08. The number of benzene rings is 3. The van der Waals surface area contributed by atoms with Gasteiger partial charge in [0.15, 0.2) is 0 Å². The van der Waals surface area contributed by atoms with Gasteiger partial charge in [-0.2, -0.15) is 0 Å². The molecule has 1 saturated heterocycles. The molecule has 0 bridgehead atoms. The number of aromatic carboxylic acids is 1. The lowest BCUT2D eigenvalue weighted by molar-refractivity contribution is 0.0697. The number of carbonyl (C=O) groups excluding carboxylic acids is 1. The van der Waals surface area contributed by atoms with Crippen LogP contribution in [-0.4, -0.2) is 43.2 Å². The lowest BCUT2D eigenvalue weighted by Gasteiger charge is -2.38. The van der Waals surface area contributed by atoms with Crippen molar-refractivity contribution in [2.24, 2.45) is 0 Å². The minimum Gasteiger partial charge on any atom is -0.478 e. The van der Waals surface area contributed by atoms with Crippen LogP contribution in [0, 0.1) is 0 Å². The summed E-state index contributed by atoms with van der Waals surface area (Å²) < 4.78 is 0. The molecule has 30 heavy (non-hydrogen) atoms. The van der Waals surface area contributed by atoms with Gasteiger partial charge in [-0.25, -0.2) is 4.79 Å². The van der Waals surface area contributed by atoms with E-state index >= 15 is 0 Å². The van der Waals surface area contributed by atoms with Crippen molar-refractivity contribution in [3.8, 4) is 0 Å². The second-order valence-corrected chi connectivity index (χ2v) is 7.17. The van der Waals surface area contributed by atoms with E-state index < -0.39 is 5.97 Å². The van der Waals surface area contributed by atoms with Gasteiger partial charge in [-0.05, 0) is 42.5 Å². The predicted molar refractivity (Wildman–Crippen MR) is 119 cm³/mol. The fraction of sp³-hybridized carbons (Fsp3) is 0.167. The summed E-state index contributed by atoms with van der Waals surface area (Å²) in [4.78, 5) is 28.7. The first-order chi connectivity index (χ1) is 14.6. The van der Waals surface area contributed by atoms with Crippen LogP contribution in [-0.2, 0) is 0 Å². The summed E-state index contributed by atoms with van der Waals surface area (Å²) in [7, 11) is 0. The quantitative estimate of drug-likeness (QED) is 0.677. The number of anilines is 3. The lowest BCUT2D eigenvalue weighted by atomic mass is 10.1. The molecule has 1 amide bonds. The van der Waals surface area contributed by atoms with Crippen molar-refractivity contribution in [3.05, 3.63) is 90.0 Å². The van der Waals surface area contributed by atoms with Gasteiger partial charge in [-0.15, -0.1) is 0 Å². The van der Waals surface area contributed by atoms with Crippen molar-refractivity contribution in [1.29, 1.82) is 0 Å². The molecule has 0 radical (unpaired) electrons. The SMILES string of the molecule is O=C(Nc1ccc(N2CCN(c3ccccc3)CC2)c(C(=O)O)c1)c1ccccc1. The minimum absolute atomic E-state index is 0.189. The van der Waals surface area contributed by atoms with E-state index in [1.54, 1.807) is 36.4 Å². The second kappa shape index (κ2) is 8.69. The number of rotatable bonds is 5. The molecule has 6 heteroatoms. The van der Waals surface area contributed by atoms with Crippen LogP contribution in [0.5, 0.6) is 0 Å². The zero-order chi connectivity index (χ0) is 20.9. The zero-order valence-corrected chi connectivity index (χ0v) is 16.5. The van der Waals surface area contributed by atoms with Crippen LogP contribution in [0.1, 0.15) is 20.7 Å². The van der Waals surface area contributed by atoms with E-state index in [9.17, 15) is 14.7 Å². The first kappa shape index (κ1) is 19.5. The van der Waals surface area contributed by atoms with E-state index in [2.05, 4.69) is 27.2 Å². The number of carbonyl (C=O) groups is 2. The number of piperazine rings is 1. The summed E-state index contributed by atoms with van der Waals surface area (Å²) in [6.07, 6.45) is 0. The Morgan fingerprint density at radius 2 is 1.37 bits per heavy atom. The van der Waals surface area contributed by atoms with Gasteiger partial charge in [-0.1, -0.05) is 36.4 Å². The molecule has 3 aromatic carbocycles. The van der Waals surface area contributed by atoms with Crippen LogP contribution in [0.25, 0.3) is 0 Å². The normalized spacial score (nSPS) is 13.7. The third kappa shape index (κ3) is 4.27. The maximum atomic E-state index is 12.4. The molecule has 0 aliphatic carbocycles. The molecule has 0 atom stereocenters. The summed E-state index contributed by atoms with van der Waals surface area (Å²) in [5, 5.41) is 12.5. The van der Waals surface area contributed by atoms with Crippen molar-refractivity contribution in [2.45, 2.75) is 0 Å². The number of nitrogens with zero attached hydrogens (tertiary/aromatic N) is 2. The number of amides is 1. The molecule has 6 nitrogen and oxygen atoms in total. The molecular weight excluding hydrogens is 378 g/mol. The smallest absolute Gasteiger partial charge is 0.337 e. The van der Waals surface area contributed by atoms with Crippen molar-refractivity contribution < 1.29 is 14.7 Å². The summed E-state index contributed by atoms with van der Waals surface area (Å²) in [5.74, 6) is -1.28. The molecule has 3 aromatic rings. The van der Waals surface area contributed by atoms with Gasteiger partial charge in [-0.3, -0.25) is 4.79 Å². The molecule has 152 valence electrons. The van der Waals surface area contributed by atoms with Gasteiger partial charge in [0.1, 0.15) is 0 Å². The Balaban J connectivity index is 1.49.